The summed E-state index contributed by atoms with van der Waals surface area (Å²) in [6, 6.07) is 0. The monoisotopic (exact) mass is 147 g/mol. The second-order valence-corrected chi connectivity index (χ2v) is 3.68. The van der Waals surface area contributed by atoms with E-state index in [9.17, 15) is 0 Å². The van der Waals surface area contributed by atoms with Gasteiger partial charge < -0.3 is 4.85 Å². The molecule has 1 nitrogen and oxygen atoms in total. The molecule has 0 saturated heterocycles. The first-order chi connectivity index (χ1) is 5.37. The zero-order chi connectivity index (χ0) is 7.73. The lowest BCUT2D eigenvalue weighted by molar-refractivity contribution is 0.473. The third kappa shape index (κ3) is 1.07. The molecule has 1 fully saturated rings. The minimum Gasteiger partial charge on any atom is -0.310 e. The maximum Gasteiger partial charge on any atom is 0.239 e. The second-order valence-electron chi connectivity index (χ2n) is 3.68. The molecule has 0 amide bonds. The van der Waals surface area contributed by atoms with E-state index >= 15 is 0 Å². The third-order valence-corrected chi connectivity index (χ3v) is 2.93. The van der Waals surface area contributed by atoms with E-state index < -0.39 is 0 Å². The minimum atomic E-state index is 0.0664. The number of hydrogen-bond donors (Lipinski definition) is 0. The van der Waals surface area contributed by atoms with Gasteiger partial charge in [0.15, 0.2) is 0 Å². The average molecular weight is 147 g/mol. The predicted molar refractivity (Wildman–Crippen MR) is 45.0 cm³/mol. The number of allylic oxidation sites excluding steroid dienone is 1. The molecule has 1 saturated carbocycles. The largest absolute Gasteiger partial charge is 0.310 e. The quantitative estimate of drug-likeness (QED) is 0.397. The molecule has 0 radical (unpaired) electrons. The molecule has 58 valence electrons. The van der Waals surface area contributed by atoms with Crippen LogP contribution in [0.15, 0.2) is 12.2 Å². The molecule has 0 aromatic rings. The van der Waals surface area contributed by atoms with E-state index in [2.05, 4.69) is 17.0 Å². The normalized spacial score (nSPS) is 32.8. The summed E-state index contributed by atoms with van der Waals surface area (Å²) in [7, 11) is 0. The predicted octanol–water partition coefficient (Wildman–Crippen LogP) is 2.79. The molecule has 0 aromatic heterocycles. The molecule has 11 heavy (non-hydrogen) atoms. The maximum absolute atomic E-state index is 7.10. The van der Waals surface area contributed by atoms with Crippen LogP contribution in [0.25, 0.3) is 4.85 Å². The lowest BCUT2D eigenvalue weighted by Crippen LogP contribution is -2.17. The van der Waals surface area contributed by atoms with Crippen molar-refractivity contribution in [3.63, 3.8) is 0 Å². The first kappa shape index (κ1) is 6.91. The van der Waals surface area contributed by atoms with Crippen LogP contribution in [0.5, 0.6) is 0 Å². The average Bonchev–Trinajstić information content (AvgIpc) is 2.86. The van der Waals surface area contributed by atoms with Crippen molar-refractivity contribution in [1.29, 1.82) is 0 Å². The van der Waals surface area contributed by atoms with Gasteiger partial charge in [-0.25, -0.2) is 6.57 Å². The van der Waals surface area contributed by atoms with Crippen LogP contribution in [0, 0.1) is 12.5 Å². The smallest absolute Gasteiger partial charge is 0.239 e. The van der Waals surface area contributed by atoms with E-state index in [0.29, 0.717) is 5.92 Å². The summed E-state index contributed by atoms with van der Waals surface area (Å²) >= 11 is 0. The van der Waals surface area contributed by atoms with Gasteiger partial charge in [0.05, 0.1) is 5.92 Å². The minimum absolute atomic E-state index is 0.0664. The fourth-order valence-electron chi connectivity index (χ4n) is 1.95. The van der Waals surface area contributed by atoms with Crippen molar-refractivity contribution in [2.24, 2.45) is 5.92 Å². The summed E-state index contributed by atoms with van der Waals surface area (Å²) < 4.78 is 0. The lowest BCUT2D eigenvalue weighted by atomic mass is 9.88. The van der Waals surface area contributed by atoms with Crippen molar-refractivity contribution in [2.45, 2.75) is 37.6 Å². The van der Waals surface area contributed by atoms with Crippen LogP contribution in [0.3, 0.4) is 0 Å². The molecule has 1 heteroatoms. The summed E-state index contributed by atoms with van der Waals surface area (Å²) in [4.78, 5) is 3.75. The van der Waals surface area contributed by atoms with E-state index in [4.69, 9.17) is 6.57 Å². The molecule has 1 atom stereocenters. The van der Waals surface area contributed by atoms with Crippen LogP contribution < -0.4 is 0 Å². The molecule has 2 aliphatic carbocycles. The first-order valence-corrected chi connectivity index (χ1v) is 4.43. The van der Waals surface area contributed by atoms with E-state index in [0.717, 1.165) is 12.8 Å². The topological polar surface area (TPSA) is 4.36 Å². The zero-order valence-corrected chi connectivity index (χ0v) is 6.71. The Morgan fingerprint density at radius 1 is 1.45 bits per heavy atom. The van der Waals surface area contributed by atoms with Crippen molar-refractivity contribution in [1.82, 2.24) is 0 Å². The molecule has 0 N–H and O–H groups in total. The Morgan fingerprint density at radius 2 is 2.27 bits per heavy atom. The van der Waals surface area contributed by atoms with Gasteiger partial charge in [0.1, 0.15) is 0 Å². The fourth-order valence-corrected chi connectivity index (χ4v) is 1.95. The van der Waals surface area contributed by atoms with E-state index in [1.807, 2.05) is 0 Å². The lowest BCUT2D eigenvalue weighted by Gasteiger charge is -2.16. The van der Waals surface area contributed by atoms with E-state index in [1.54, 1.807) is 0 Å². The SMILES string of the molecule is [C-]#[N+]C1(C2C=CCCC2)CC1. The van der Waals surface area contributed by atoms with Crippen molar-refractivity contribution in [3.8, 4) is 0 Å². The Kier molecular flexibility index (Phi) is 1.49. The van der Waals surface area contributed by atoms with Crippen LogP contribution >= 0.6 is 0 Å². The van der Waals surface area contributed by atoms with Gasteiger partial charge in [0, 0.05) is 12.8 Å². The van der Waals surface area contributed by atoms with Gasteiger partial charge in [-0.15, -0.1) is 0 Å². The zero-order valence-electron chi connectivity index (χ0n) is 6.71. The second kappa shape index (κ2) is 2.37. The Hall–Kier alpha value is -0.770. The molecule has 2 rings (SSSR count). The van der Waals surface area contributed by atoms with Gasteiger partial charge in [-0.1, -0.05) is 12.2 Å². The maximum atomic E-state index is 7.10. The molecule has 1 unspecified atom stereocenters. The fraction of sp³-hybridized carbons (Fsp3) is 0.700. The van der Waals surface area contributed by atoms with Crippen LogP contribution in [0.1, 0.15) is 32.1 Å². The number of rotatable bonds is 1. The van der Waals surface area contributed by atoms with Gasteiger partial charge in [0.25, 0.3) is 0 Å². The summed E-state index contributed by atoms with van der Waals surface area (Å²) in [5.74, 6) is 0.591. The molecule has 2 aliphatic rings. The van der Waals surface area contributed by atoms with Gasteiger partial charge in [-0.2, -0.15) is 0 Å². The first-order valence-electron chi connectivity index (χ1n) is 4.43. The summed E-state index contributed by atoms with van der Waals surface area (Å²) in [5.41, 5.74) is 0.0664. The number of hydrogen-bond acceptors (Lipinski definition) is 0. The Labute approximate surface area is 67.9 Å². The Balaban J connectivity index is 2.10. The highest BCUT2D eigenvalue weighted by atomic mass is 14.9. The third-order valence-electron chi connectivity index (χ3n) is 2.93. The van der Waals surface area contributed by atoms with Gasteiger partial charge in [0.2, 0.25) is 5.54 Å². The highest BCUT2D eigenvalue weighted by Crippen LogP contribution is 2.49. The molecular weight excluding hydrogens is 134 g/mol. The van der Waals surface area contributed by atoms with Crippen LogP contribution in [-0.2, 0) is 0 Å². The molecular formula is C10H13N. The van der Waals surface area contributed by atoms with Crippen LogP contribution in [0.4, 0.5) is 0 Å². The van der Waals surface area contributed by atoms with Crippen LogP contribution in [-0.4, -0.2) is 5.54 Å². The molecule has 0 spiro atoms. The standard InChI is InChI=1S/C10H13N/c1-11-10(7-8-10)9-5-3-2-4-6-9/h3,5,9H,2,4,6-8H2. The summed E-state index contributed by atoms with van der Waals surface area (Å²) in [6.07, 6.45) is 10.6. The van der Waals surface area contributed by atoms with Gasteiger partial charge in [-0.3, -0.25) is 0 Å². The molecule has 0 heterocycles. The summed E-state index contributed by atoms with van der Waals surface area (Å²) in [6.45, 7) is 7.10. The van der Waals surface area contributed by atoms with Crippen molar-refractivity contribution < 1.29 is 0 Å². The van der Waals surface area contributed by atoms with Gasteiger partial charge in [-0.05, 0) is 19.3 Å². The van der Waals surface area contributed by atoms with Crippen LogP contribution in [0.2, 0.25) is 0 Å². The van der Waals surface area contributed by atoms with Crippen molar-refractivity contribution in [3.05, 3.63) is 23.6 Å². The van der Waals surface area contributed by atoms with Gasteiger partial charge >= 0.3 is 0 Å². The summed E-state index contributed by atoms with van der Waals surface area (Å²) in [5, 5.41) is 0. The molecule has 0 aliphatic heterocycles. The Bertz CT molecular complexity index is 218. The highest BCUT2D eigenvalue weighted by molar-refractivity contribution is 5.20. The highest BCUT2D eigenvalue weighted by Gasteiger charge is 2.56. The Morgan fingerprint density at radius 3 is 2.73 bits per heavy atom. The van der Waals surface area contributed by atoms with Crippen molar-refractivity contribution >= 4 is 0 Å². The molecule has 0 aromatic carbocycles. The molecule has 0 bridgehead atoms. The van der Waals surface area contributed by atoms with E-state index in [-0.39, 0.29) is 5.54 Å². The number of nitrogens with zero attached hydrogens (tertiary/aromatic N) is 1. The van der Waals surface area contributed by atoms with Crippen molar-refractivity contribution in [2.75, 3.05) is 0 Å². The van der Waals surface area contributed by atoms with E-state index in [1.165, 1.54) is 19.3 Å².